The van der Waals surface area contributed by atoms with Crippen LogP contribution < -0.4 is 5.32 Å². The Balaban J connectivity index is 1.82. The number of ether oxygens (including phenoxy) is 2. The van der Waals surface area contributed by atoms with Gasteiger partial charge in [-0.15, -0.1) is 0 Å². The van der Waals surface area contributed by atoms with Crippen molar-refractivity contribution >= 4 is 11.9 Å². The first kappa shape index (κ1) is 14.3. The molecule has 1 saturated carbocycles. The highest BCUT2D eigenvalue weighted by Crippen LogP contribution is 2.58. The Bertz CT molecular complexity index is 404. The van der Waals surface area contributed by atoms with E-state index in [-0.39, 0.29) is 12.0 Å². The lowest BCUT2D eigenvalue weighted by Crippen LogP contribution is -2.36. The molecule has 1 saturated heterocycles. The average Bonchev–Trinajstić information content (AvgIpc) is 2.67. The molecule has 0 spiro atoms. The Morgan fingerprint density at radius 2 is 1.89 bits per heavy atom. The first-order chi connectivity index (χ1) is 8.65. The predicted molar refractivity (Wildman–Crippen MR) is 66.3 cm³/mol. The molecule has 19 heavy (non-hydrogen) atoms. The molecular formula is C13H21NO5. The van der Waals surface area contributed by atoms with Gasteiger partial charge in [-0.05, 0) is 19.3 Å². The van der Waals surface area contributed by atoms with Crippen molar-refractivity contribution < 1.29 is 24.2 Å². The fourth-order valence-corrected chi connectivity index (χ4v) is 2.78. The van der Waals surface area contributed by atoms with Gasteiger partial charge >= 0.3 is 5.97 Å². The molecule has 1 amide bonds. The van der Waals surface area contributed by atoms with Gasteiger partial charge in [-0.1, -0.05) is 13.8 Å². The normalized spacial score (nSPS) is 34.8. The molecule has 6 nitrogen and oxygen atoms in total. The van der Waals surface area contributed by atoms with Gasteiger partial charge in [0.05, 0.1) is 18.4 Å². The molecule has 2 aliphatic rings. The van der Waals surface area contributed by atoms with E-state index in [1.54, 1.807) is 13.8 Å². The van der Waals surface area contributed by atoms with E-state index in [0.29, 0.717) is 13.2 Å². The molecule has 0 bridgehead atoms. The summed E-state index contributed by atoms with van der Waals surface area (Å²) >= 11 is 0. The summed E-state index contributed by atoms with van der Waals surface area (Å²) in [6.45, 7) is 8.02. The van der Waals surface area contributed by atoms with Crippen LogP contribution in [0.25, 0.3) is 0 Å². The topological polar surface area (TPSA) is 84.9 Å². The van der Waals surface area contributed by atoms with Gasteiger partial charge in [0.15, 0.2) is 5.79 Å². The highest BCUT2D eigenvalue weighted by molar-refractivity contribution is 5.91. The molecule has 0 radical (unpaired) electrons. The van der Waals surface area contributed by atoms with Crippen molar-refractivity contribution in [2.75, 3.05) is 13.2 Å². The van der Waals surface area contributed by atoms with Crippen molar-refractivity contribution in [3.05, 3.63) is 0 Å². The SMILES string of the molecule is CC1(C)OCC(CNC(=O)[C@H]2[C@@H](C(=O)O)C2(C)C)O1. The van der Waals surface area contributed by atoms with Crippen LogP contribution in [-0.4, -0.2) is 42.0 Å². The number of carboxylic acids is 1. The fraction of sp³-hybridized carbons (Fsp3) is 0.846. The maximum Gasteiger partial charge on any atom is 0.307 e. The first-order valence-corrected chi connectivity index (χ1v) is 6.47. The third-order valence-corrected chi connectivity index (χ3v) is 3.95. The Labute approximate surface area is 112 Å². The van der Waals surface area contributed by atoms with E-state index in [2.05, 4.69) is 5.32 Å². The van der Waals surface area contributed by atoms with E-state index >= 15 is 0 Å². The Morgan fingerprint density at radius 1 is 1.26 bits per heavy atom. The second-order valence-corrected chi connectivity index (χ2v) is 6.31. The summed E-state index contributed by atoms with van der Waals surface area (Å²) < 4.78 is 11.0. The lowest BCUT2D eigenvalue weighted by Gasteiger charge is -2.17. The van der Waals surface area contributed by atoms with Crippen molar-refractivity contribution in [3.8, 4) is 0 Å². The van der Waals surface area contributed by atoms with Crippen LogP contribution in [0.5, 0.6) is 0 Å². The summed E-state index contributed by atoms with van der Waals surface area (Å²) in [5, 5.41) is 11.8. The number of carboxylic acid groups (broad SMARTS) is 1. The van der Waals surface area contributed by atoms with Crippen molar-refractivity contribution in [2.24, 2.45) is 17.3 Å². The van der Waals surface area contributed by atoms with Crippen molar-refractivity contribution in [3.63, 3.8) is 0 Å². The zero-order chi connectivity index (χ0) is 14.4. The van der Waals surface area contributed by atoms with Crippen LogP contribution in [0, 0.1) is 17.3 Å². The van der Waals surface area contributed by atoms with E-state index in [1.807, 2.05) is 13.8 Å². The minimum absolute atomic E-state index is 0.177. The molecule has 2 rings (SSSR count). The highest BCUT2D eigenvalue weighted by Gasteiger charge is 2.65. The molecular weight excluding hydrogens is 250 g/mol. The summed E-state index contributed by atoms with van der Waals surface area (Å²) in [6.07, 6.45) is -0.177. The maximum atomic E-state index is 12.0. The molecule has 108 valence electrons. The molecule has 3 atom stereocenters. The first-order valence-electron chi connectivity index (χ1n) is 6.47. The van der Waals surface area contributed by atoms with Crippen LogP contribution >= 0.6 is 0 Å². The van der Waals surface area contributed by atoms with Crippen molar-refractivity contribution in [1.82, 2.24) is 5.32 Å². The Kier molecular flexibility index (Phi) is 3.35. The highest BCUT2D eigenvalue weighted by atomic mass is 16.7. The second-order valence-electron chi connectivity index (χ2n) is 6.31. The lowest BCUT2D eigenvalue weighted by molar-refractivity contribution is -0.141. The van der Waals surface area contributed by atoms with E-state index < -0.39 is 29.0 Å². The molecule has 0 aromatic rings. The number of carbonyl (C=O) groups excluding carboxylic acids is 1. The lowest BCUT2D eigenvalue weighted by atomic mass is 10.1. The van der Waals surface area contributed by atoms with Gasteiger partial charge in [-0.2, -0.15) is 0 Å². The molecule has 0 aromatic carbocycles. The quantitative estimate of drug-likeness (QED) is 0.782. The number of hydrogen-bond donors (Lipinski definition) is 2. The average molecular weight is 271 g/mol. The van der Waals surface area contributed by atoms with Crippen LogP contribution in [0.15, 0.2) is 0 Å². The number of amides is 1. The monoisotopic (exact) mass is 271 g/mol. The number of hydrogen-bond acceptors (Lipinski definition) is 4. The van der Waals surface area contributed by atoms with Gasteiger partial charge in [0.1, 0.15) is 6.10 Å². The number of rotatable bonds is 4. The van der Waals surface area contributed by atoms with Crippen LogP contribution in [-0.2, 0) is 19.1 Å². The zero-order valence-corrected chi connectivity index (χ0v) is 11.7. The van der Waals surface area contributed by atoms with Crippen molar-refractivity contribution in [1.29, 1.82) is 0 Å². The molecule has 1 aliphatic heterocycles. The van der Waals surface area contributed by atoms with Gasteiger partial charge in [0.2, 0.25) is 5.91 Å². The molecule has 1 aliphatic carbocycles. The van der Waals surface area contributed by atoms with E-state index in [9.17, 15) is 9.59 Å². The Hall–Kier alpha value is -1.14. The van der Waals surface area contributed by atoms with Gasteiger partial charge in [-0.25, -0.2) is 0 Å². The van der Waals surface area contributed by atoms with Gasteiger partial charge < -0.3 is 19.9 Å². The van der Waals surface area contributed by atoms with E-state index in [0.717, 1.165) is 0 Å². The fourth-order valence-electron chi connectivity index (χ4n) is 2.78. The summed E-state index contributed by atoms with van der Waals surface area (Å²) in [7, 11) is 0. The van der Waals surface area contributed by atoms with Crippen LogP contribution in [0.3, 0.4) is 0 Å². The second kappa shape index (κ2) is 4.45. The predicted octanol–water partition coefficient (Wildman–Crippen LogP) is 0.611. The third kappa shape index (κ3) is 2.74. The van der Waals surface area contributed by atoms with E-state index in [1.165, 1.54) is 0 Å². The summed E-state index contributed by atoms with van der Waals surface area (Å²) in [6, 6.07) is 0. The minimum atomic E-state index is -0.910. The van der Waals surface area contributed by atoms with Crippen molar-refractivity contribution in [2.45, 2.75) is 39.6 Å². The van der Waals surface area contributed by atoms with Crippen LogP contribution in [0.4, 0.5) is 0 Å². The number of aliphatic carboxylic acids is 1. The third-order valence-electron chi connectivity index (χ3n) is 3.95. The summed E-state index contributed by atoms with van der Waals surface area (Å²) in [4.78, 5) is 23.0. The number of carbonyl (C=O) groups is 2. The molecule has 1 heterocycles. The molecule has 2 N–H and O–H groups in total. The largest absolute Gasteiger partial charge is 0.481 e. The molecule has 2 fully saturated rings. The van der Waals surface area contributed by atoms with E-state index in [4.69, 9.17) is 14.6 Å². The van der Waals surface area contributed by atoms with Crippen LogP contribution in [0.1, 0.15) is 27.7 Å². The van der Waals surface area contributed by atoms with Gasteiger partial charge in [0, 0.05) is 6.54 Å². The van der Waals surface area contributed by atoms with Crippen LogP contribution in [0.2, 0.25) is 0 Å². The van der Waals surface area contributed by atoms with Gasteiger partial charge in [0.25, 0.3) is 0 Å². The minimum Gasteiger partial charge on any atom is -0.481 e. The number of nitrogens with one attached hydrogen (secondary N) is 1. The smallest absolute Gasteiger partial charge is 0.307 e. The van der Waals surface area contributed by atoms with Gasteiger partial charge in [-0.3, -0.25) is 9.59 Å². The zero-order valence-electron chi connectivity index (χ0n) is 11.7. The maximum absolute atomic E-state index is 12.0. The Morgan fingerprint density at radius 3 is 2.32 bits per heavy atom. The standard InChI is InChI=1S/C13H21NO5/c1-12(2)8(9(12)11(16)17)10(15)14-5-7-6-18-13(3,4)19-7/h7-9H,5-6H2,1-4H3,(H,14,15)(H,16,17)/t7?,8-,9+/m1/s1. The summed E-state index contributed by atoms with van der Waals surface area (Å²) in [5.74, 6) is -2.79. The molecule has 0 aromatic heterocycles. The summed E-state index contributed by atoms with van der Waals surface area (Å²) in [5.41, 5.74) is -0.470. The molecule has 1 unspecified atom stereocenters. The molecule has 6 heteroatoms.